The Morgan fingerprint density at radius 2 is 2.29 bits per heavy atom. The number of halogens is 1. The zero-order chi connectivity index (χ0) is 10.3. The third-order valence-corrected chi connectivity index (χ3v) is 3.48. The van der Waals surface area contributed by atoms with Gasteiger partial charge in [-0.25, -0.2) is 0 Å². The maximum Gasteiger partial charge on any atom is 0.258 e. The average molecular weight is 258 g/mol. The zero-order valence-electron chi connectivity index (χ0n) is 8.13. The molecule has 0 aromatic heterocycles. The van der Waals surface area contributed by atoms with Crippen LogP contribution in [0.3, 0.4) is 0 Å². The minimum atomic E-state index is -0.405. The van der Waals surface area contributed by atoms with E-state index in [4.69, 9.17) is 4.84 Å². The molecule has 0 radical (unpaired) electrons. The summed E-state index contributed by atoms with van der Waals surface area (Å²) in [6.07, 6.45) is 4.69. The lowest BCUT2D eigenvalue weighted by Crippen LogP contribution is -2.48. The van der Waals surface area contributed by atoms with Crippen LogP contribution in [0.1, 0.15) is 20.3 Å². The zero-order valence-corrected chi connectivity index (χ0v) is 9.72. The Labute approximate surface area is 91.3 Å². The van der Waals surface area contributed by atoms with E-state index >= 15 is 0 Å². The van der Waals surface area contributed by atoms with Gasteiger partial charge in [-0.05, 0) is 23.1 Å². The van der Waals surface area contributed by atoms with Crippen molar-refractivity contribution < 1.29 is 9.63 Å². The summed E-state index contributed by atoms with van der Waals surface area (Å²) in [5, 5.41) is 0. The van der Waals surface area contributed by atoms with Crippen LogP contribution in [-0.2, 0) is 9.63 Å². The summed E-state index contributed by atoms with van der Waals surface area (Å²) >= 11 is 3.45. The minimum absolute atomic E-state index is 0.0538. The molecule has 1 unspecified atom stereocenters. The van der Waals surface area contributed by atoms with E-state index in [9.17, 15) is 4.79 Å². The molecule has 1 atom stereocenters. The number of hydrogen-bond donors (Lipinski definition) is 1. The fourth-order valence-electron chi connectivity index (χ4n) is 1.76. The molecule has 1 amide bonds. The van der Waals surface area contributed by atoms with Crippen molar-refractivity contribution in [3.05, 3.63) is 22.4 Å². The third-order valence-electron chi connectivity index (χ3n) is 2.89. The molecule has 0 bridgehead atoms. The van der Waals surface area contributed by atoms with Gasteiger partial charge in [-0.15, -0.1) is 0 Å². The lowest BCUT2D eigenvalue weighted by Gasteiger charge is -2.39. The Balaban J connectivity index is 2.35. The van der Waals surface area contributed by atoms with Crippen LogP contribution < -0.4 is 5.48 Å². The van der Waals surface area contributed by atoms with E-state index in [1.165, 1.54) is 0 Å². The fourth-order valence-corrected chi connectivity index (χ4v) is 2.22. The number of carbonyl (C=O) groups excluding carboxylic acids is 1. The highest BCUT2D eigenvalue weighted by molar-refractivity contribution is 9.11. The van der Waals surface area contributed by atoms with E-state index in [2.05, 4.69) is 21.4 Å². The first-order chi connectivity index (χ1) is 6.51. The SMILES string of the molecule is CC1(C)C(=O)NOC2=CC=C(Br)CC21. The van der Waals surface area contributed by atoms with Gasteiger partial charge < -0.3 is 4.84 Å². The van der Waals surface area contributed by atoms with Crippen LogP contribution >= 0.6 is 15.9 Å². The second-order valence-electron chi connectivity index (χ2n) is 4.19. The number of rotatable bonds is 0. The average Bonchev–Trinajstić information content (AvgIpc) is 2.13. The van der Waals surface area contributed by atoms with E-state index in [-0.39, 0.29) is 11.8 Å². The van der Waals surface area contributed by atoms with E-state index in [1.54, 1.807) is 0 Å². The summed E-state index contributed by atoms with van der Waals surface area (Å²) < 4.78 is 1.11. The van der Waals surface area contributed by atoms with Crippen molar-refractivity contribution in [2.24, 2.45) is 11.3 Å². The highest BCUT2D eigenvalue weighted by Gasteiger charge is 2.44. The number of carbonyl (C=O) groups is 1. The van der Waals surface area contributed by atoms with Crippen LogP contribution in [0.4, 0.5) is 0 Å². The predicted octanol–water partition coefficient (Wildman–Crippen LogP) is 2.26. The van der Waals surface area contributed by atoms with E-state index < -0.39 is 5.41 Å². The third kappa shape index (κ3) is 1.38. The second-order valence-corrected chi connectivity index (χ2v) is 5.21. The molecule has 1 aliphatic heterocycles. The van der Waals surface area contributed by atoms with Crippen molar-refractivity contribution in [1.82, 2.24) is 5.48 Å². The molecule has 14 heavy (non-hydrogen) atoms. The van der Waals surface area contributed by atoms with Gasteiger partial charge in [0.15, 0.2) is 0 Å². The van der Waals surface area contributed by atoms with Crippen molar-refractivity contribution in [1.29, 1.82) is 0 Å². The van der Waals surface area contributed by atoms with Crippen LogP contribution in [0.2, 0.25) is 0 Å². The van der Waals surface area contributed by atoms with E-state index in [0.717, 1.165) is 16.7 Å². The molecule has 4 heteroatoms. The lowest BCUT2D eigenvalue weighted by atomic mass is 9.73. The monoisotopic (exact) mass is 257 g/mol. The topological polar surface area (TPSA) is 38.3 Å². The number of amides is 1. The van der Waals surface area contributed by atoms with E-state index in [1.807, 2.05) is 26.0 Å². The molecule has 76 valence electrons. The van der Waals surface area contributed by atoms with Gasteiger partial charge in [-0.3, -0.25) is 4.79 Å². The number of hydrogen-bond acceptors (Lipinski definition) is 2. The van der Waals surface area contributed by atoms with Gasteiger partial charge in [0, 0.05) is 5.92 Å². The molecular weight excluding hydrogens is 246 g/mol. The fraction of sp³-hybridized carbons (Fsp3) is 0.500. The largest absolute Gasteiger partial charge is 0.384 e. The number of nitrogens with one attached hydrogen (secondary N) is 1. The maximum atomic E-state index is 11.6. The Morgan fingerprint density at radius 3 is 3.00 bits per heavy atom. The maximum absolute atomic E-state index is 11.6. The van der Waals surface area contributed by atoms with Crippen LogP contribution in [0, 0.1) is 11.3 Å². The molecule has 0 saturated carbocycles. The standard InChI is InChI=1S/C10H12BrNO2/c1-10(2)7-5-6(11)3-4-8(7)14-12-9(10)13/h3-4,7H,5H2,1-2H3,(H,12,13). The molecule has 3 nitrogen and oxygen atoms in total. The van der Waals surface area contributed by atoms with Gasteiger partial charge in [0.1, 0.15) is 5.76 Å². The highest BCUT2D eigenvalue weighted by Crippen LogP contribution is 2.43. The van der Waals surface area contributed by atoms with Crippen LogP contribution in [0.15, 0.2) is 22.4 Å². The molecule has 0 spiro atoms. The summed E-state index contributed by atoms with van der Waals surface area (Å²) in [6, 6.07) is 0. The molecule has 2 rings (SSSR count). The van der Waals surface area contributed by atoms with Gasteiger partial charge in [0.2, 0.25) is 0 Å². The van der Waals surface area contributed by atoms with Crippen molar-refractivity contribution in [2.75, 3.05) is 0 Å². The molecule has 0 aromatic carbocycles. The van der Waals surface area contributed by atoms with Crippen molar-refractivity contribution in [3.8, 4) is 0 Å². The van der Waals surface area contributed by atoms with Gasteiger partial charge in [-0.1, -0.05) is 29.8 Å². The Kier molecular flexibility index (Phi) is 2.18. The Morgan fingerprint density at radius 1 is 1.57 bits per heavy atom. The first-order valence-corrected chi connectivity index (χ1v) is 5.34. The minimum Gasteiger partial charge on any atom is -0.384 e. The summed E-state index contributed by atoms with van der Waals surface area (Å²) in [4.78, 5) is 16.8. The van der Waals surface area contributed by atoms with Crippen molar-refractivity contribution in [2.45, 2.75) is 20.3 Å². The summed E-state index contributed by atoms with van der Waals surface area (Å²) in [5.74, 6) is 0.926. The van der Waals surface area contributed by atoms with Gasteiger partial charge in [0.05, 0.1) is 5.41 Å². The highest BCUT2D eigenvalue weighted by atomic mass is 79.9. The van der Waals surface area contributed by atoms with Crippen LogP contribution in [0.25, 0.3) is 0 Å². The van der Waals surface area contributed by atoms with Gasteiger partial charge >= 0.3 is 0 Å². The number of fused-ring (bicyclic) bond motifs is 1. The molecule has 1 heterocycles. The van der Waals surface area contributed by atoms with Crippen LogP contribution in [-0.4, -0.2) is 5.91 Å². The lowest BCUT2D eigenvalue weighted by molar-refractivity contribution is -0.151. The number of hydroxylamine groups is 1. The molecule has 1 fully saturated rings. The van der Waals surface area contributed by atoms with Crippen molar-refractivity contribution in [3.63, 3.8) is 0 Å². The molecular formula is C10H12BrNO2. The summed E-state index contributed by atoms with van der Waals surface area (Å²) in [5.41, 5.74) is 2.03. The Bertz CT molecular complexity index is 344. The molecule has 1 aliphatic carbocycles. The normalized spacial score (nSPS) is 29.4. The predicted molar refractivity (Wildman–Crippen MR) is 56.2 cm³/mol. The van der Waals surface area contributed by atoms with E-state index in [0.29, 0.717) is 0 Å². The summed E-state index contributed by atoms with van der Waals surface area (Å²) in [6.45, 7) is 3.88. The first kappa shape index (κ1) is 9.77. The smallest absolute Gasteiger partial charge is 0.258 e. The Hall–Kier alpha value is -0.770. The molecule has 1 N–H and O–H groups in total. The first-order valence-electron chi connectivity index (χ1n) is 4.55. The summed E-state index contributed by atoms with van der Waals surface area (Å²) in [7, 11) is 0. The van der Waals surface area contributed by atoms with Gasteiger partial charge in [-0.2, -0.15) is 5.48 Å². The number of allylic oxidation sites excluding steroid dienone is 4. The second kappa shape index (κ2) is 3.12. The van der Waals surface area contributed by atoms with Crippen LogP contribution in [0.5, 0.6) is 0 Å². The molecule has 0 aromatic rings. The van der Waals surface area contributed by atoms with Crippen molar-refractivity contribution >= 4 is 21.8 Å². The van der Waals surface area contributed by atoms with Gasteiger partial charge in [0.25, 0.3) is 5.91 Å². The quantitative estimate of drug-likeness (QED) is 0.723. The molecule has 1 saturated heterocycles. The molecule has 2 aliphatic rings.